The van der Waals surface area contributed by atoms with Gasteiger partial charge in [-0.15, -0.1) is 0 Å². The number of carbonyl (C=O) groups excluding carboxylic acids is 2. The first kappa shape index (κ1) is 30.8. The molecule has 5 N–H and O–H groups in total. The molecule has 0 aliphatic carbocycles. The van der Waals surface area contributed by atoms with E-state index in [2.05, 4.69) is 5.32 Å². The van der Waals surface area contributed by atoms with Gasteiger partial charge in [-0.25, -0.2) is 4.79 Å². The van der Waals surface area contributed by atoms with Crippen LogP contribution in [0.25, 0.3) is 11.1 Å². The number of Topliss-reactive ketones (excluding diaryl/α,β-unsaturated/α-hetero) is 1. The summed E-state index contributed by atoms with van der Waals surface area (Å²) in [4.78, 5) is 24.6. The number of aliphatic hydroxyl groups is 4. The second-order valence-electron chi connectivity index (χ2n) is 10.1. The standard InChI is InChI=1S/C31H34ClNO8/c1-18(34)29-27(37)26(36)28(38)31(40-29)41-30(39)23-11-3-9-21(15-23)20-8-2-6-19(14-20)7-5-13-33-17-25(35)22-10-4-12-24(32)16-22/h2-4,6,8-12,14-16,25-29,31,33,35-38H,5,7,13,17H2,1H3/t25-,26-,27-,28+,29+,31-/m0/s1. The van der Waals surface area contributed by atoms with E-state index in [-0.39, 0.29) is 5.56 Å². The second kappa shape index (κ2) is 14.2. The van der Waals surface area contributed by atoms with E-state index in [0.29, 0.717) is 18.1 Å². The lowest BCUT2D eigenvalue weighted by molar-refractivity contribution is -0.273. The summed E-state index contributed by atoms with van der Waals surface area (Å²) in [6, 6.07) is 21.8. The first-order chi connectivity index (χ1) is 19.6. The van der Waals surface area contributed by atoms with Crippen LogP contribution in [0.2, 0.25) is 5.02 Å². The predicted molar refractivity (Wildman–Crippen MR) is 152 cm³/mol. The molecule has 0 bridgehead atoms. The highest BCUT2D eigenvalue weighted by atomic mass is 35.5. The second-order valence-corrected chi connectivity index (χ2v) is 10.5. The lowest BCUT2D eigenvalue weighted by Crippen LogP contribution is -2.60. The first-order valence-corrected chi connectivity index (χ1v) is 13.8. The number of ether oxygens (including phenoxy) is 2. The molecular formula is C31H34ClNO8. The summed E-state index contributed by atoms with van der Waals surface area (Å²) >= 11 is 6.00. The topological polar surface area (TPSA) is 146 Å². The minimum atomic E-state index is -1.72. The van der Waals surface area contributed by atoms with Crippen molar-refractivity contribution >= 4 is 23.4 Å². The molecule has 6 atom stereocenters. The Bertz CT molecular complexity index is 1350. The van der Waals surface area contributed by atoms with E-state index >= 15 is 0 Å². The number of hydrogen-bond acceptors (Lipinski definition) is 9. The van der Waals surface area contributed by atoms with Gasteiger partial charge in [0.2, 0.25) is 6.29 Å². The number of ketones is 1. The lowest BCUT2D eigenvalue weighted by Gasteiger charge is -2.38. The van der Waals surface area contributed by atoms with Gasteiger partial charge in [-0.2, -0.15) is 0 Å². The Labute approximate surface area is 243 Å². The van der Waals surface area contributed by atoms with E-state index in [1.54, 1.807) is 30.3 Å². The van der Waals surface area contributed by atoms with Gasteiger partial charge in [-0.05, 0) is 72.8 Å². The Morgan fingerprint density at radius 1 is 0.951 bits per heavy atom. The fraction of sp³-hybridized carbons (Fsp3) is 0.355. The molecule has 1 fully saturated rings. The molecule has 1 heterocycles. The zero-order valence-electron chi connectivity index (χ0n) is 22.5. The molecule has 0 spiro atoms. The van der Waals surface area contributed by atoms with E-state index in [1.807, 2.05) is 42.5 Å². The zero-order chi connectivity index (χ0) is 29.5. The van der Waals surface area contributed by atoms with Gasteiger partial charge < -0.3 is 35.2 Å². The Morgan fingerprint density at radius 3 is 2.39 bits per heavy atom. The summed E-state index contributed by atoms with van der Waals surface area (Å²) in [5.74, 6) is -1.39. The highest BCUT2D eigenvalue weighted by Gasteiger charge is 2.47. The third-order valence-corrected chi connectivity index (χ3v) is 7.18. The Kier molecular flexibility index (Phi) is 10.6. The Balaban J connectivity index is 1.32. The molecule has 1 saturated heterocycles. The molecule has 218 valence electrons. The molecule has 41 heavy (non-hydrogen) atoms. The van der Waals surface area contributed by atoms with Crippen molar-refractivity contribution in [3.05, 3.63) is 94.5 Å². The summed E-state index contributed by atoms with van der Waals surface area (Å²) in [5, 5.41) is 44.4. The third-order valence-electron chi connectivity index (χ3n) is 6.94. The number of nitrogens with one attached hydrogen (secondary N) is 1. The largest absolute Gasteiger partial charge is 0.429 e. The highest BCUT2D eigenvalue weighted by molar-refractivity contribution is 6.30. The molecular weight excluding hydrogens is 550 g/mol. The van der Waals surface area contributed by atoms with Crippen molar-refractivity contribution in [1.82, 2.24) is 5.32 Å². The fourth-order valence-electron chi connectivity index (χ4n) is 4.68. The van der Waals surface area contributed by atoms with Crippen LogP contribution in [-0.2, 0) is 20.7 Å². The summed E-state index contributed by atoms with van der Waals surface area (Å²) in [6.07, 6.45) is -7.11. The molecule has 3 aromatic carbocycles. The number of benzene rings is 3. The molecule has 0 unspecified atom stereocenters. The predicted octanol–water partition coefficient (Wildman–Crippen LogP) is 2.82. The Morgan fingerprint density at radius 2 is 1.66 bits per heavy atom. The van der Waals surface area contributed by atoms with Crippen LogP contribution in [0.15, 0.2) is 72.8 Å². The van der Waals surface area contributed by atoms with E-state index < -0.39 is 48.6 Å². The minimum absolute atomic E-state index is 0.186. The van der Waals surface area contributed by atoms with Crippen LogP contribution in [0, 0.1) is 0 Å². The van der Waals surface area contributed by atoms with Gasteiger partial charge in [0.15, 0.2) is 5.78 Å². The van der Waals surface area contributed by atoms with Gasteiger partial charge in [-0.3, -0.25) is 4.79 Å². The number of rotatable bonds is 11. The van der Waals surface area contributed by atoms with Gasteiger partial charge in [-0.1, -0.05) is 60.1 Å². The third kappa shape index (κ3) is 7.99. The number of esters is 1. The van der Waals surface area contributed by atoms with Crippen molar-refractivity contribution in [2.24, 2.45) is 0 Å². The van der Waals surface area contributed by atoms with Crippen LogP contribution < -0.4 is 5.32 Å². The van der Waals surface area contributed by atoms with Crippen molar-refractivity contribution < 1.29 is 39.5 Å². The zero-order valence-corrected chi connectivity index (χ0v) is 23.3. The summed E-state index contributed by atoms with van der Waals surface area (Å²) in [5.41, 5.74) is 3.72. The molecule has 0 aromatic heterocycles. The van der Waals surface area contributed by atoms with Gasteiger partial charge in [0.05, 0.1) is 11.7 Å². The normalized spacial score (nSPS) is 23.1. The number of aryl methyl sites for hydroxylation is 1. The molecule has 10 heteroatoms. The number of hydrogen-bond donors (Lipinski definition) is 5. The van der Waals surface area contributed by atoms with Crippen LogP contribution in [0.3, 0.4) is 0 Å². The van der Waals surface area contributed by atoms with Gasteiger partial charge in [0.25, 0.3) is 0 Å². The van der Waals surface area contributed by atoms with Gasteiger partial charge >= 0.3 is 5.97 Å². The van der Waals surface area contributed by atoms with Crippen LogP contribution in [0.4, 0.5) is 0 Å². The van der Waals surface area contributed by atoms with E-state index in [4.69, 9.17) is 21.1 Å². The smallest absolute Gasteiger partial charge is 0.340 e. The maximum Gasteiger partial charge on any atom is 0.340 e. The van der Waals surface area contributed by atoms with Crippen LogP contribution in [0.5, 0.6) is 0 Å². The minimum Gasteiger partial charge on any atom is -0.429 e. The van der Waals surface area contributed by atoms with Crippen LogP contribution in [-0.4, -0.2) is 76.0 Å². The summed E-state index contributed by atoms with van der Waals surface area (Å²) in [6.45, 7) is 2.30. The maximum atomic E-state index is 12.9. The molecule has 0 saturated carbocycles. The van der Waals surface area contributed by atoms with Crippen molar-refractivity contribution in [3.63, 3.8) is 0 Å². The number of halogens is 1. The number of carbonyl (C=O) groups is 2. The molecule has 4 rings (SSSR count). The average Bonchev–Trinajstić information content (AvgIpc) is 2.97. The molecule has 9 nitrogen and oxygen atoms in total. The maximum absolute atomic E-state index is 12.9. The fourth-order valence-corrected chi connectivity index (χ4v) is 4.87. The van der Waals surface area contributed by atoms with Crippen LogP contribution >= 0.6 is 11.6 Å². The SMILES string of the molecule is CC(=O)[C@H]1O[C@@H](OC(=O)c2cccc(-c3cccc(CCCNC[C@H](O)c4cccc(Cl)c4)c3)c2)[C@H](O)[C@@H](O)[C@@H]1O. The molecule has 1 aliphatic rings. The molecule has 0 radical (unpaired) electrons. The quantitative estimate of drug-likeness (QED) is 0.170. The molecule has 0 amide bonds. The van der Waals surface area contributed by atoms with Crippen molar-refractivity contribution in [2.45, 2.75) is 56.6 Å². The molecule has 3 aromatic rings. The van der Waals surface area contributed by atoms with Gasteiger partial charge in [0.1, 0.15) is 24.4 Å². The lowest BCUT2D eigenvalue weighted by atomic mass is 9.97. The van der Waals surface area contributed by atoms with E-state index in [0.717, 1.165) is 35.1 Å². The summed E-state index contributed by atoms with van der Waals surface area (Å²) < 4.78 is 10.5. The van der Waals surface area contributed by atoms with Gasteiger partial charge in [0, 0.05) is 11.6 Å². The van der Waals surface area contributed by atoms with Crippen molar-refractivity contribution in [1.29, 1.82) is 0 Å². The van der Waals surface area contributed by atoms with E-state index in [1.165, 1.54) is 6.92 Å². The highest BCUT2D eigenvalue weighted by Crippen LogP contribution is 2.26. The van der Waals surface area contributed by atoms with E-state index in [9.17, 15) is 30.0 Å². The monoisotopic (exact) mass is 583 g/mol. The summed E-state index contributed by atoms with van der Waals surface area (Å²) in [7, 11) is 0. The number of aliphatic hydroxyl groups excluding tert-OH is 4. The first-order valence-electron chi connectivity index (χ1n) is 13.4. The van der Waals surface area contributed by atoms with Crippen molar-refractivity contribution in [2.75, 3.05) is 13.1 Å². The Hall–Kier alpha value is -3.15. The van der Waals surface area contributed by atoms with Crippen LogP contribution in [0.1, 0.15) is 40.9 Å². The van der Waals surface area contributed by atoms with Crippen molar-refractivity contribution in [3.8, 4) is 11.1 Å². The average molecular weight is 584 g/mol. The molecule has 1 aliphatic heterocycles.